The Morgan fingerprint density at radius 3 is 2.52 bits per heavy atom. The van der Waals surface area contributed by atoms with E-state index in [9.17, 15) is 27.9 Å². The number of hydrogen-bond donors (Lipinski definition) is 3. The number of carbonyl (C=O) groups is 1. The van der Waals surface area contributed by atoms with Gasteiger partial charge in [0.25, 0.3) is 11.5 Å². The van der Waals surface area contributed by atoms with E-state index in [1.54, 1.807) is 4.98 Å². The summed E-state index contributed by atoms with van der Waals surface area (Å²) in [5.74, 6) is -0.782. The molecule has 0 bridgehead atoms. The molecule has 1 saturated carbocycles. The lowest BCUT2D eigenvalue weighted by Crippen LogP contribution is -2.46. The quantitative estimate of drug-likeness (QED) is 0.773. The van der Waals surface area contributed by atoms with Crippen LogP contribution < -0.4 is 10.9 Å². The summed E-state index contributed by atoms with van der Waals surface area (Å²) in [6, 6.07) is 1.01. The molecule has 1 aliphatic carbocycles. The summed E-state index contributed by atoms with van der Waals surface area (Å²) in [4.78, 5) is 25.1. The van der Waals surface area contributed by atoms with Gasteiger partial charge in [-0.15, -0.1) is 0 Å². The lowest BCUT2D eigenvalue weighted by Gasteiger charge is -2.28. The van der Waals surface area contributed by atoms with E-state index >= 15 is 0 Å². The summed E-state index contributed by atoms with van der Waals surface area (Å²) in [6.45, 7) is 0. The second kappa shape index (κ2) is 5.88. The van der Waals surface area contributed by atoms with Crippen molar-refractivity contribution in [1.29, 1.82) is 0 Å². The number of hydrogen-bond acceptors (Lipinski definition) is 3. The summed E-state index contributed by atoms with van der Waals surface area (Å²) in [7, 11) is 0. The van der Waals surface area contributed by atoms with Crippen molar-refractivity contribution >= 4 is 5.91 Å². The summed E-state index contributed by atoms with van der Waals surface area (Å²) in [6.07, 6.45) is -2.55. The number of pyridine rings is 1. The Balaban J connectivity index is 2.14. The monoisotopic (exact) mass is 304 g/mol. The molecule has 0 spiro atoms. The van der Waals surface area contributed by atoms with Crippen molar-refractivity contribution in [3.63, 3.8) is 0 Å². The molecule has 1 amide bonds. The number of alkyl halides is 3. The molecular formula is C13H15F3N2O3. The Kier molecular flexibility index (Phi) is 4.36. The van der Waals surface area contributed by atoms with E-state index < -0.39 is 41.0 Å². The van der Waals surface area contributed by atoms with E-state index in [0.29, 0.717) is 18.9 Å². The number of aliphatic hydroxyl groups excluding tert-OH is 1. The summed E-state index contributed by atoms with van der Waals surface area (Å²) in [5.41, 5.74) is -2.71. The third-order valence-electron chi connectivity index (χ3n) is 3.51. The van der Waals surface area contributed by atoms with Crippen LogP contribution in [0, 0.1) is 0 Å². The van der Waals surface area contributed by atoms with Crippen LogP contribution in [0.2, 0.25) is 0 Å². The molecule has 0 saturated heterocycles. The van der Waals surface area contributed by atoms with Crippen molar-refractivity contribution in [2.45, 2.75) is 44.0 Å². The number of carbonyl (C=O) groups excluding carboxylic acids is 1. The minimum atomic E-state index is -4.67. The van der Waals surface area contributed by atoms with Gasteiger partial charge in [-0.05, 0) is 25.0 Å². The topological polar surface area (TPSA) is 82.2 Å². The van der Waals surface area contributed by atoms with Crippen LogP contribution in [-0.2, 0) is 6.18 Å². The Morgan fingerprint density at radius 1 is 1.29 bits per heavy atom. The van der Waals surface area contributed by atoms with Crippen LogP contribution in [0.4, 0.5) is 13.2 Å². The first kappa shape index (κ1) is 15.6. The van der Waals surface area contributed by atoms with E-state index in [-0.39, 0.29) is 0 Å². The predicted octanol–water partition coefficient (Wildman–Crippen LogP) is 1.43. The standard InChI is InChI=1S/C13H15F3N2O3/c14-13(15,16)10-6-5-7(12(21)18-10)11(20)17-8-3-1-2-4-9(8)19/h5-6,8-9,19H,1-4H2,(H,17,20)(H,18,21)/t8-,9-/m1/s1. The highest BCUT2D eigenvalue weighted by Crippen LogP contribution is 2.26. The lowest BCUT2D eigenvalue weighted by atomic mass is 9.92. The number of aromatic nitrogens is 1. The zero-order valence-corrected chi connectivity index (χ0v) is 11.0. The minimum absolute atomic E-state index is 0.402. The zero-order valence-electron chi connectivity index (χ0n) is 11.0. The molecule has 0 unspecified atom stereocenters. The average molecular weight is 304 g/mol. The van der Waals surface area contributed by atoms with Gasteiger partial charge in [-0.1, -0.05) is 12.8 Å². The second-order valence-corrected chi connectivity index (χ2v) is 5.04. The molecule has 0 aliphatic heterocycles. The number of amides is 1. The van der Waals surface area contributed by atoms with E-state index in [1.165, 1.54) is 0 Å². The summed E-state index contributed by atoms with van der Waals surface area (Å²) < 4.78 is 37.3. The van der Waals surface area contributed by atoms with Crippen LogP contribution in [0.5, 0.6) is 0 Å². The van der Waals surface area contributed by atoms with Crippen molar-refractivity contribution in [2.24, 2.45) is 0 Å². The highest BCUT2D eigenvalue weighted by Gasteiger charge is 2.32. The van der Waals surface area contributed by atoms with Gasteiger partial charge in [0.1, 0.15) is 11.3 Å². The van der Waals surface area contributed by atoms with Gasteiger partial charge < -0.3 is 15.4 Å². The highest BCUT2D eigenvalue weighted by atomic mass is 19.4. The molecule has 2 atom stereocenters. The molecule has 0 radical (unpaired) electrons. The number of nitrogens with one attached hydrogen (secondary N) is 2. The van der Waals surface area contributed by atoms with Gasteiger partial charge in [-0.25, -0.2) is 0 Å². The summed E-state index contributed by atoms with van der Waals surface area (Å²) >= 11 is 0. The lowest BCUT2D eigenvalue weighted by molar-refractivity contribution is -0.141. The third-order valence-corrected chi connectivity index (χ3v) is 3.51. The van der Waals surface area contributed by atoms with Crippen LogP contribution in [0.15, 0.2) is 16.9 Å². The Morgan fingerprint density at radius 2 is 1.95 bits per heavy atom. The van der Waals surface area contributed by atoms with Gasteiger partial charge in [0.2, 0.25) is 0 Å². The van der Waals surface area contributed by atoms with E-state index in [4.69, 9.17) is 0 Å². The smallest absolute Gasteiger partial charge is 0.391 e. The van der Waals surface area contributed by atoms with Crippen molar-refractivity contribution in [2.75, 3.05) is 0 Å². The largest absolute Gasteiger partial charge is 0.431 e. The molecule has 21 heavy (non-hydrogen) atoms. The predicted molar refractivity (Wildman–Crippen MR) is 67.8 cm³/mol. The van der Waals surface area contributed by atoms with Crippen molar-refractivity contribution in [1.82, 2.24) is 10.3 Å². The molecule has 1 aromatic rings. The Hall–Kier alpha value is -1.83. The second-order valence-electron chi connectivity index (χ2n) is 5.04. The first-order valence-electron chi connectivity index (χ1n) is 6.58. The SMILES string of the molecule is O=C(N[C@@H]1CCCC[C@H]1O)c1ccc(C(F)(F)F)[nH]c1=O. The maximum atomic E-state index is 12.4. The normalized spacial score (nSPS) is 22.9. The summed E-state index contributed by atoms with van der Waals surface area (Å²) in [5, 5.41) is 12.2. The first-order valence-corrected chi connectivity index (χ1v) is 6.58. The fourth-order valence-corrected chi connectivity index (χ4v) is 2.34. The van der Waals surface area contributed by atoms with Crippen LogP contribution in [-0.4, -0.2) is 28.1 Å². The number of H-pyrrole nitrogens is 1. The van der Waals surface area contributed by atoms with E-state index in [1.807, 2.05) is 0 Å². The van der Waals surface area contributed by atoms with Gasteiger partial charge in [-0.3, -0.25) is 9.59 Å². The molecule has 1 fully saturated rings. The molecule has 2 rings (SSSR count). The molecule has 8 heteroatoms. The zero-order chi connectivity index (χ0) is 15.6. The van der Waals surface area contributed by atoms with E-state index in [0.717, 1.165) is 18.9 Å². The van der Waals surface area contributed by atoms with Gasteiger partial charge in [0.05, 0.1) is 12.1 Å². The van der Waals surface area contributed by atoms with Crippen LogP contribution in [0.1, 0.15) is 41.7 Å². The van der Waals surface area contributed by atoms with Crippen molar-refractivity contribution < 1.29 is 23.1 Å². The van der Waals surface area contributed by atoms with Gasteiger partial charge >= 0.3 is 6.18 Å². The van der Waals surface area contributed by atoms with Crippen molar-refractivity contribution in [3.8, 4) is 0 Å². The highest BCUT2D eigenvalue weighted by molar-refractivity contribution is 5.94. The molecule has 3 N–H and O–H groups in total. The molecular weight excluding hydrogens is 289 g/mol. The maximum absolute atomic E-state index is 12.4. The number of aromatic amines is 1. The van der Waals surface area contributed by atoms with Crippen LogP contribution in [0.25, 0.3) is 0 Å². The fourth-order valence-electron chi connectivity index (χ4n) is 2.34. The number of halogens is 3. The number of rotatable bonds is 2. The molecule has 1 aliphatic rings. The molecule has 0 aromatic carbocycles. The molecule has 1 heterocycles. The minimum Gasteiger partial charge on any atom is -0.391 e. The third kappa shape index (κ3) is 3.63. The fraction of sp³-hybridized carbons (Fsp3) is 0.538. The van der Waals surface area contributed by atoms with Gasteiger partial charge in [0, 0.05) is 0 Å². The van der Waals surface area contributed by atoms with Crippen LogP contribution >= 0.6 is 0 Å². The van der Waals surface area contributed by atoms with Crippen LogP contribution in [0.3, 0.4) is 0 Å². The number of aliphatic hydroxyl groups is 1. The molecule has 5 nitrogen and oxygen atoms in total. The first-order chi connectivity index (χ1) is 9.79. The maximum Gasteiger partial charge on any atom is 0.431 e. The van der Waals surface area contributed by atoms with Crippen molar-refractivity contribution in [3.05, 3.63) is 33.7 Å². The average Bonchev–Trinajstić information content (AvgIpc) is 2.40. The molecule has 116 valence electrons. The van der Waals surface area contributed by atoms with Gasteiger partial charge in [-0.2, -0.15) is 13.2 Å². The Labute approximate surface area is 118 Å². The van der Waals surface area contributed by atoms with E-state index in [2.05, 4.69) is 5.32 Å². The molecule has 1 aromatic heterocycles. The Bertz CT molecular complexity index is 583. The van der Waals surface area contributed by atoms with Gasteiger partial charge in [0.15, 0.2) is 0 Å².